The molecule has 74 valence electrons. The van der Waals surface area contributed by atoms with Crippen LogP contribution in [0.1, 0.15) is 13.8 Å². The smallest absolute Gasteiger partial charge is 0.258 e. The minimum Gasteiger partial charge on any atom is -0.360 e. The fourth-order valence-electron chi connectivity index (χ4n) is 0.911. The van der Waals surface area contributed by atoms with Crippen molar-refractivity contribution in [3.05, 3.63) is 12.3 Å². The van der Waals surface area contributed by atoms with Crippen LogP contribution in [-0.4, -0.2) is 22.2 Å². The van der Waals surface area contributed by atoms with Crippen LogP contribution in [0, 0.1) is 0 Å². The highest BCUT2D eigenvalue weighted by Gasteiger charge is 2.14. The van der Waals surface area contributed by atoms with Gasteiger partial charge in [0.2, 0.25) is 0 Å². The molecule has 1 aromatic rings. The number of aromatic nitrogens is 2. The van der Waals surface area contributed by atoms with Gasteiger partial charge in [0, 0.05) is 18.8 Å². The van der Waals surface area contributed by atoms with Crippen LogP contribution in [0.2, 0.25) is 0 Å². The second-order valence-corrected chi connectivity index (χ2v) is 2.82. The number of nitrogens with zero attached hydrogens (tertiary/aromatic N) is 2. The highest BCUT2D eigenvalue weighted by molar-refractivity contribution is 5.33. The van der Waals surface area contributed by atoms with Crippen LogP contribution < -0.4 is 5.32 Å². The van der Waals surface area contributed by atoms with E-state index in [1.165, 1.54) is 6.92 Å². The average molecular weight is 189 g/mol. The Bertz CT molecular complexity index is 260. The molecule has 13 heavy (non-hydrogen) atoms. The van der Waals surface area contributed by atoms with Gasteiger partial charge in [0.15, 0.2) is 0 Å². The standard InChI is InChI=1S/C8H13F2N3/c1-3-13-5-4-7(12-13)11-6(2)8(9)10/h4-6,8H,3H2,1-2H3,(H,11,12). The van der Waals surface area contributed by atoms with E-state index in [2.05, 4.69) is 10.4 Å². The Hall–Kier alpha value is -1.13. The number of halogens is 2. The van der Waals surface area contributed by atoms with Gasteiger partial charge in [0.05, 0.1) is 6.04 Å². The van der Waals surface area contributed by atoms with E-state index >= 15 is 0 Å². The Morgan fingerprint density at radius 3 is 2.77 bits per heavy atom. The van der Waals surface area contributed by atoms with Crippen LogP contribution in [0.15, 0.2) is 12.3 Å². The molecule has 0 spiro atoms. The first-order valence-corrected chi connectivity index (χ1v) is 4.21. The molecule has 0 fully saturated rings. The average Bonchev–Trinajstić information content (AvgIpc) is 2.52. The number of aryl methyl sites for hydroxylation is 1. The molecule has 3 nitrogen and oxygen atoms in total. The molecule has 1 unspecified atom stereocenters. The van der Waals surface area contributed by atoms with Gasteiger partial charge in [-0.2, -0.15) is 5.10 Å². The second kappa shape index (κ2) is 4.20. The van der Waals surface area contributed by atoms with Crippen LogP contribution in [0.5, 0.6) is 0 Å². The van der Waals surface area contributed by atoms with Crippen LogP contribution in [0.3, 0.4) is 0 Å². The third kappa shape index (κ3) is 2.68. The van der Waals surface area contributed by atoms with Crippen molar-refractivity contribution >= 4 is 5.82 Å². The highest BCUT2D eigenvalue weighted by atomic mass is 19.3. The predicted molar refractivity (Wildman–Crippen MR) is 47.0 cm³/mol. The summed E-state index contributed by atoms with van der Waals surface area (Å²) in [6.07, 6.45) is -0.618. The maximum absolute atomic E-state index is 12.1. The Morgan fingerprint density at radius 2 is 2.31 bits per heavy atom. The number of nitrogens with one attached hydrogen (secondary N) is 1. The van der Waals surface area contributed by atoms with Gasteiger partial charge in [0.1, 0.15) is 5.82 Å². The summed E-state index contributed by atoms with van der Waals surface area (Å²) in [5.74, 6) is 0.495. The van der Waals surface area contributed by atoms with Gasteiger partial charge in [-0.3, -0.25) is 4.68 Å². The molecule has 0 saturated heterocycles. The van der Waals surface area contributed by atoms with E-state index in [4.69, 9.17) is 0 Å². The Labute approximate surface area is 75.7 Å². The third-order valence-corrected chi connectivity index (χ3v) is 1.72. The predicted octanol–water partition coefficient (Wildman–Crippen LogP) is 1.97. The fraction of sp³-hybridized carbons (Fsp3) is 0.625. The van der Waals surface area contributed by atoms with Crippen LogP contribution >= 0.6 is 0 Å². The molecule has 1 aromatic heterocycles. The largest absolute Gasteiger partial charge is 0.360 e. The Morgan fingerprint density at radius 1 is 1.62 bits per heavy atom. The first-order valence-electron chi connectivity index (χ1n) is 4.21. The zero-order valence-electron chi connectivity index (χ0n) is 7.67. The zero-order valence-corrected chi connectivity index (χ0v) is 7.67. The number of hydrogen-bond donors (Lipinski definition) is 1. The second-order valence-electron chi connectivity index (χ2n) is 2.82. The molecule has 0 radical (unpaired) electrons. The van der Waals surface area contributed by atoms with Crippen molar-refractivity contribution in [1.82, 2.24) is 9.78 Å². The molecule has 1 rings (SSSR count). The van der Waals surface area contributed by atoms with E-state index in [9.17, 15) is 8.78 Å². The van der Waals surface area contributed by atoms with Crippen molar-refractivity contribution in [2.45, 2.75) is 32.9 Å². The summed E-state index contributed by atoms with van der Waals surface area (Å²) in [6, 6.07) is 0.822. The maximum atomic E-state index is 12.1. The lowest BCUT2D eigenvalue weighted by Gasteiger charge is -2.10. The van der Waals surface area contributed by atoms with Gasteiger partial charge in [-0.25, -0.2) is 8.78 Å². The van der Waals surface area contributed by atoms with Crippen LogP contribution in [0.25, 0.3) is 0 Å². The van der Waals surface area contributed by atoms with Crippen molar-refractivity contribution < 1.29 is 8.78 Å². The summed E-state index contributed by atoms with van der Waals surface area (Å²) in [4.78, 5) is 0. The van der Waals surface area contributed by atoms with Crippen molar-refractivity contribution in [1.29, 1.82) is 0 Å². The molecule has 0 aliphatic rings. The van der Waals surface area contributed by atoms with E-state index in [-0.39, 0.29) is 0 Å². The summed E-state index contributed by atoms with van der Waals surface area (Å²) in [7, 11) is 0. The van der Waals surface area contributed by atoms with E-state index in [0.29, 0.717) is 5.82 Å². The molecule has 0 amide bonds. The van der Waals surface area contributed by atoms with Gasteiger partial charge in [0.25, 0.3) is 6.43 Å². The van der Waals surface area contributed by atoms with E-state index < -0.39 is 12.5 Å². The minimum absolute atomic E-state index is 0.495. The Balaban J connectivity index is 2.53. The lowest BCUT2D eigenvalue weighted by Crippen LogP contribution is -2.24. The van der Waals surface area contributed by atoms with Crippen LogP contribution in [-0.2, 0) is 6.54 Å². The normalized spacial score (nSPS) is 13.3. The Kier molecular flexibility index (Phi) is 3.22. The molecule has 1 heterocycles. The first-order chi connectivity index (χ1) is 6.13. The lowest BCUT2D eigenvalue weighted by molar-refractivity contribution is 0.130. The molecular weight excluding hydrogens is 176 g/mol. The quantitative estimate of drug-likeness (QED) is 0.784. The first kappa shape index (κ1) is 9.95. The maximum Gasteiger partial charge on any atom is 0.258 e. The molecule has 0 saturated carbocycles. The fourth-order valence-corrected chi connectivity index (χ4v) is 0.911. The molecule has 5 heteroatoms. The lowest BCUT2D eigenvalue weighted by atomic mass is 10.3. The monoisotopic (exact) mass is 189 g/mol. The molecule has 0 aliphatic heterocycles. The van der Waals surface area contributed by atoms with Crippen molar-refractivity contribution in [2.24, 2.45) is 0 Å². The molecule has 1 N–H and O–H groups in total. The van der Waals surface area contributed by atoms with Crippen LogP contribution in [0.4, 0.5) is 14.6 Å². The van der Waals surface area contributed by atoms with Gasteiger partial charge in [-0.05, 0) is 13.8 Å². The summed E-state index contributed by atoms with van der Waals surface area (Å²) < 4.78 is 25.9. The van der Waals surface area contributed by atoms with Gasteiger partial charge < -0.3 is 5.32 Å². The summed E-state index contributed by atoms with van der Waals surface area (Å²) in [5, 5.41) is 6.64. The van der Waals surface area contributed by atoms with Crippen molar-refractivity contribution in [3.8, 4) is 0 Å². The molecule has 0 aliphatic carbocycles. The SMILES string of the molecule is CCn1ccc(NC(C)C(F)F)n1. The number of anilines is 1. The third-order valence-electron chi connectivity index (χ3n) is 1.72. The van der Waals surface area contributed by atoms with Crippen molar-refractivity contribution in [2.75, 3.05) is 5.32 Å². The molecule has 1 atom stereocenters. The van der Waals surface area contributed by atoms with Crippen molar-refractivity contribution in [3.63, 3.8) is 0 Å². The zero-order chi connectivity index (χ0) is 9.84. The number of hydrogen-bond acceptors (Lipinski definition) is 2. The van der Waals surface area contributed by atoms with Gasteiger partial charge >= 0.3 is 0 Å². The number of alkyl halides is 2. The van der Waals surface area contributed by atoms with Gasteiger partial charge in [-0.1, -0.05) is 0 Å². The summed E-state index contributed by atoms with van der Waals surface area (Å²) >= 11 is 0. The van der Waals surface area contributed by atoms with Gasteiger partial charge in [-0.15, -0.1) is 0 Å². The molecular formula is C8H13F2N3. The van der Waals surface area contributed by atoms with E-state index in [1.807, 2.05) is 6.92 Å². The van der Waals surface area contributed by atoms with E-state index in [1.54, 1.807) is 16.9 Å². The minimum atomic E-state index is -2.37. The number of rotatable bonds is 4. The molecule has 0 bridgehead atoms. The summed E-state index contributed by atoms with van der Waals surface area (Å²) in [6.45, 7) is 4.10. The van der Waals surface area contributed by atoms with E-state index in [0.717, 1.165) is 6.54 Å². The highest BCUT2D eigenvalue weighted by Crippen LogP contribution is 2.08. The topological polar surface area (TPSA) is 29.9 Å². The summed E-state index contributed by atoms with van der Waals surface area (Å²) in [5.41, 5.74) is 0. The molecule has 0 aromatic carbocycles.